The zero-order chi connectivity index (χ0) is 18.6. The highest BCUT2D eigenvalue weighted by atomic mass is 32.1. The Kier molecular flexibility index (Phi) is 5.18. The van der Waals surface area contributed by atoms with Crippen LogP contribution >= 0.6 is 11.3 Å². The van der Waals surface area contributed by atoms with Crippen LogP contribution in [0.1, 0.15) is 5.56 Å². The van der Waals surface area contributed by atoms with Crippen LogP contribution in [0.2, 0.25) is 0 Å². The molecule has 2 heterocycles. The lowest BCUT2D eigenvalue weighted by Crippen LogP contribution is -2.21. The average molecular weight is 385 g/mol. The number of hydrogen-bond acceptors (Lipinski definition) is 4. The molecule has 0 saturated carbocycles. The highest BCUT2D eigenvalue weighted by molar-refractivity contribution is 7.17. The van der Waals surface area contributed by atoms with Gasteiger partial charge in [0, 0.05) is 35.0 Å². The Labute approximate surface area is 159 Å². The molecule has 0 spiro atoms. The number of benzene rings is 2. The number of rotatable bonds is 7. The van der Waals surface area contributed by atoms with Crippen molar-refractivity contribution in [2.75, 3.05) is 13.2 Å². The molecule has 0 aliphatic heterocycles. The molecule has 0 fully saturated rings. The number of fused-ring (bicyclic) bond motifs is 1. The maximum absolute atomic E-state index is 13.6. The summed E-state index contributed by atoms with van der Waals surface area (Å²) in [5, 5.41) is 6.19. The van der Waals surface area contributed by atoms with Crippen LogP contribution in [0.4, 0.5) is 8.78 Å². The Balaban J connectivity index is 1.34. The second-order valence-electron chi connectivity index (χ2n) is 6.05. The number of thiophene rings is 1. The molecule has 0 radical (unpaired) electrons. The standard InChI is InChI=1S/C21H17F2NO2S/c22-19-5-2-6-20(23)16(19)10-24-7-8-26-15-4-1-3-14(9-15)18-13-27-21-12-25-11-17(18)21/h1-6,9,11-13,24H,7-8,10H2. The highest BCUT2D eigenvalue weighted by Gasteiger charge is 2.09. The van der Waals surface area contributed by atoms with Crippen molar-refractivity contribution in [2.45, 2.75) is 6.54 Å². The van der Waals surface area contributed by atoms with E-state index in [1.807, 2.05) is 24.3 Å². The summed E-state index contributed by atoms with van der Waals surface area (Å²) in [6.07, 6.45) is 3.49. The van der Waals surface area contributed by atoms with Gasteiger partial charge < -0.3 is 14.5 Å². The van der Waals surface area contributed by atoms with Gasteiger partial charge in [0.15, 0.2) is 0 Å². The molecule has 138 valence electrons. The van der Waals surface area contributed by atoms with Gasteiger partial charge in [-0.05, 0) is 29.8 Å². The Morgan fingerprint density at radius 1 is 1.04 bits per heavy atom. The molecular weight excluding hydrogens is 368 g/mol. The molecule has 4 aromatic rings. The fraction of sp³-hybridized carbons (Fsp3) is 0.143. The van der Waals surface area contributed by atoms with Gasteiger partial charge in [0.05, 0.1) is 11.0 Å². The lowest BCUT2D eigenvalue weighted by molar-refractivity contribution is 0.313. The minimum Gasteiger partial charge on any atom is -0.492 e. The minimum atomic E-state index is -0.544. The van der Waals surface area contributed by atoms with Crippen molar-refractivity contribution < 1.29 is 17.9 Å². The molecule has 0 aliphatic rings. The Hall–Kier alpha value is -2.70. The number of ether oxygens (including phenoxy) is 1. The number of halogens is 2. The predicted octanol–water partition coefficient (Wildman–Crippen LogP) is 5.61. The van der Waals surface area contributed by atoms with Crippen molar-refractivity contribution in [1.82, 2.24) is 5.32 Å². The summed E-state index contributed by atoms with van der Waals surface area (Å²) in [5.41, 5.74) is 2.21. The van der Waals surface area contributed by atoms with Gasteiger partial charge in [0.2, 0.25) is 0 Å². The molecule has 0 amide bonds. The van der Waals surface area contributed by atoms with Crippen molar-refractivity contribution in [2.24, 2.45) is 0 Å². The summed E-state index contributed by atoms with van der Waals surface area (Å²) < 4.78 is 39.3. The van der Waals surface area contributed by atoms with Crippen LogP contribution in [-0.4, -0.2) is 13.2 Å². The smallest absolute Gasteiger partial charge is 0.130 e. The zero-order valence-corrected chi connectivity index (χ0v) is 15.2. The van der Waals surface area contributed by atoms with Crippen LogP contribution in [-0.2, 0) is 6.54 Å². The molecule has 2 aromatic heterocycles. The monoisotopic (exact) mass is 385 g/mol. The molecule has 0 atom stereocenters. The van der Waals surface area contributed by atoms with E-state index in [2.05, 4.69) is 10.7 Å². The molecule has 0 bridgehead atoms. The van der Waals surface area contributed by atoms with Gasteiger partial charge >= 0.3 is 0 Å². The summed E-state index contributed by atoms with van der Waals surface area (Å²) in [7, 11) is 0. The Morgan fingerprint density at radius 3 is 2.70 bits per heavy atom. The van der Waals surface area contributed by atoms with Crippen LogP contribution in [0.25, 0.3) is 21.2 Å². The van der Waals surface area contributed by atoms with Crippen LogP contribution in [0, 0.1) is 11.6 Å². The molecule has 0 aliphatic carbocycles. The second kappa shape index (κ2) is 7.90. The predicted molar refractivity (Wildman–Crippen MR) is 103 cm³/mol. The van der Waals surface area contributed by atoms with Crippen molar-refractivity contribution in [3.05, 3.63) is 77.6 Å². The maximum Gasteiger partial charge on any atom is 0.130 e. The van der Waals surface area contributed by atoms with Crippen LogP contribution in [0.3, 0.4) is 0 Å². The topological polar surface area (TPSA) is 34.4 Å². The number of furan rings is 1. The first-order chi connectivity index (χ1) is 13.2. The van der Waals surface area contributed by atoms with E-state index >= 15 is 0 Å². The van der Waals surface area contributed by atoms with E-state index in [-0.39, 0.29) is 12.1 Å². The molecule has 4 rings (SSSR count). The van der Waals surface area contributed by atoms with Gasteiger partial charge in [-0.2, -0.15) is 0 Å². The van der Waals surface area contributed by atoms with Gasteiger partial charge in [0.25, 0.3) is 0 Å². The molecule has 6 heteroatoms. The van der Waals surface area contributed by atoms with E-state index in [4.69, 9.17) is 9.15 Å². The van der Waals surface area contributed by atoms with E-state index in [9.17, 15) is 8.78 Å². The quantitative estimate of drug-likeness (QED) is 0.420. The van der Waals surface area contributed by atoms with Gasteiger partial charge in [-0.25, -0.2) is 8.78 Å². The molecule has 0 saturated heterocycles. The largest absolute Gasteiger partial charge is 0.492 e. The van der Waals surface area contributed by atoms with E-state index in [1.165, 1.54) is 18.2 Å². The normalized spacial score (nSPS) is 11.2. The molecule has 1 N–H and O–H groups in total. The zero-order valence-electron chi connectivity index (χ0n) is 14.4. The van der Waals surface area contributed by atoms with E-state index in [0.29, 0.717) is 13.2 Å². The van der Waals surface area contributed by atoms with Crippen molar-refractivity contribution in [3.63, 3.8) is 0 Å². The van der Waals surface area contributed by atoms with Crippen molar-refractivity contribution in [1.29, 1.82) is 0 Å². The lowest BCUT2D eigenvalue weighted by atomic mass is 10.1. The number of hydrogen-bond donors (Lipinski definition) is 1. The third-order valence-corrected chi connectivity index (χ3v) is 5.20. The highest BCUT2D eigenvalue weighted by Crippen LogP contribution is 2.35. The van der Waals surface area contributed by atoms with Gasteiger partial charge in [-0.1, -0.05) is 18.2 Å². The van der Waals surface area contributed by atoms with Gasteiger partial charge in [-0.3, -0.25) is 0 Å². The maximum atomic E-state index is 13.6. The SMILES string of the molecule is Fc1cccc(F)c1CNCCOc1cccc(-c2csc3cocc23)c1. The fourth-order valence-corrected chi connectivity index (χ4v) is 3.80. The first-order valence-electron chi connectivity index (χ1n) is 8.52. The first-order valence-corrected chi connectivity index (χ1v) is 9.40. The third-order valence-electron chi connectivity index (χ3n) is 4.28. The third kappa shape index (κ3) is 3.86. The van der Waals surface area contributed by atoms with E-state index in [0.717, 1.165) is 27.0 Å². The molecule has 3 nitrogen and oxygen atoms in total. The molecule has 2 aromatic carbocycles. The summed E-state index contributed by atoms with van der Waals surface area (Å²) in [4.78, 5) is 0. The molecule has 27 heavy (non-hydrogen) atoms. The summed E-state index contributed by atoms with van der Waals surface area (Å²) in [6, 6.07) is 11.7. The van der Waals surface area contributed by atoms with Crippen LogP contribution in [0.5, 0.6) is 5.75 Å². The molecular formula is C21H17F2NO2S. The first kappa shape index (κ1) is 17.7. The van der Waals surface area contributed by atoms with Crippen molar-refractivity contribution >= 4 is 21.4 Å². The fourth-order valence-electron chi connectivity index (χ4n) is 2.89. The second-order valence-corrected chi connectivity index (χ2v) is 6.96. The van der Waals surface area contributed by atoms with Gasteiger partial charge in [-0.15, -0.1) is 11.3 Å². The van der Waals surface area contributed by atoms with E-state index < -0.39 is 11.6 Å². The van der Waals surface area contributed by atoms with Crippen LogP contribution in [0.15, 0.2) is 64.8 Å². The lowest BCUT2D eigenvalue weighted by Gasteiger charge is -2.10. The summed E-state index contributed by atoms with van der Waals surface area (Å²) in [6.45, 7) is 0.988. The van der Waals surface area contributed by atoms with E-state index in [1.54, 1.807) is 23.9 Å². The average Bonchev–Trinajstić information content (AvgIpc) is 3.27. The minimum absolute atomic E-state index is 0.0427. The summed E-state index contributed by atoms with van der Waals surface area (Å²) in [5.74, 6) is -0.343. The van der Waals surface area contributed by atoms with Crippen LogP contribution < -0.4 is 10.1 Å². The van der Waals surface area contributed by atoms with Crippen molar-refractivity contribution in [3.8, 4) is 16.9 Å². The molecule has 0 unspecified atom stereocenters. The Bertz CT molecular complexity index is 1040. The number of nitrogens with one attached hydrogen (secondary N) is 1. The van der Waals surface area contributed by atoms with Gasteiger partial charge in [0.1, 0.15) is 30.3 Å². The Morgan fingerprint density at radius 2 is 1.85 bits per heavy atom. The summed E-state index contributed by atoms with van der Waals surface area (Å²) >= 11 is 1.64.